The molecule has 1 atom stereocenters. The number of aromatic nitrogens is 3. The van der Waals surface area contributed by atoms with Crippen LogP contribution in [0.25, 0.3) is 0 Å². The van der Waals surface area contributed by atoms with Gasteiger partial charge in [0.1, 0.15) is 0 Å². The Bertz CT molecular complexity index is 600. The fourth-order valence-electron chi connectivity index (χ4n) is 2.37. The van der Waals surface area contributed by atoms with Gasteiger partial charge >= 0.3 is 6.03 Å². The van der Waals surface area contributed by atoms with E-state index in [9.17, 15) is 9.59 Å². The smallest absolute Gasteiger partial charge is 0.321 e. The summed E-state index contributed by atoms with van der Waals surface area (Å²) in [5, 5.41) is 13.7. The van der Waals surface area contributed by atoms with E-state index in [4.69, 9.17) is 4.74 Å². The number of carbonyl (C=O) groups is 2. The number of amides is 3. The number of ether oxygens (including phenoxy) is 1. The first-order valence-corrected chi connectivity index (χ1v) is 9.34. The Morgan fingerprint density at radius 1 is 1.24 bits per heavy atom. The lowest BCUT2D eigenvalue weighted by Gasteiger charge is -2.27. The van der Waals surface area contributed by atoms with Crippen molar-refractivity contribution in [3.8, 4) is 0 Å². The van der Waals surface area contributed by atoms with Crippen LogP contribution in [0.2, 0.25) is 0 Å². The number of hydrogen-bond acceptors (Lipinski definition) is 7. The minimum absolute atomic E-state index is 0.0324. The molecule has 0 aliphatic carbocycles. The molecular formula is C15H26N6O3S. The average Bonchev–Trinajstić information content (AvgIpc) is 2.97. The van der Waals surface area contributed by atoms with Gasteiger partial charge in [-0.3, -0.25) is 14.7 Å². The number of thioether (sulfide) groups is 1. The van der Waals surface area contributed by atoms with Gasteiger partial charge in [-0.05, 0) is 27.7 Å². The third kappa shape index (κ3) is 5.33. The average molecular weight is 370 g/mol. The lowest BCUT2D eigenvalue weighted by Crippen LogP contribution is -2.45. The van der Waals surface area contributed by atoms with Gasteiger partial charge in [0, 0.05) is 25.7 Å². The van der Waals surface area contributed by atoms with E-state index in [0.29, 0.717) is 24.9 Å². The van der Waals surface area contributed by atoms with Crippen LogP contribution >= 0.6 is 11.8 Å². The molecule has 0 aromatic carbocycles. The van der Waals surface area contributed by atoms with Crippen LogP contribution in [-0.4, -0.2) is 64.3 Å². The van der Waals surface area contributed by atoms with Gasteiger partial charge in [0.2, 0.25) is 11.9 Å². The van der Waals surface area contributed by atoms with Crippen molar-refractivity contribution in [3.05, 3.63) is 0 Å². The summed E-state index contributed by atoms with van der Waals surface area (Å²) in [6, 6.07) is -0.520. The second-order valence-electron chi connectivity index (χ2n) is 6.00. The number of anilines is 1. The van der Waals surface area contributed by atoms with Crippen LogP contribution in [0.15, 0.2) is 5.16 Å². The van der Waals surface area contributed by atoms with E-state index in [0.717, 1.165) is 19.0 Å². The zero-order valence-electron chi connectivity index (χ0n) is 15.1. The highest BCUT2D eigenvalue weighted by atomic mass is 32.2. The molecule has 0 radical (unpaired) electrons. The molecule has 2 N–H and O–H groups in total. The van der Waals surface area contributed by atoms with E-state index in [2.05, 4.69) is 25.7 Å². The number of imide groups is 1. The number of rotatable bonds is 6. The lowest BCUT2D eigenvalue weighted by atomic mass is 10.4. The van der Waals surface area contributed by atoms with Crippen molar-refractivity contribution in [2.45, 2.75) is 50.7 Å². The van der Waals surface area contributed by atoms with Crippen LogP contribution in [0, 0.1) is 0 Å². The molecule has 9 nitrogen and oxygen atoms in total. The first-order chi connectivity index (χ1) is 11.9. The SMILES string of the molecule is CCn1c(S[C@@H](C)C(=O)NC(=O)NC(C)C)nnc1N1CCOCC1. The summed E-state index contributed by atoms with van der Waals surface area (Å²) in [6.07, 6.45) is 0. The summed E-state index contributed by atoms with van der Waals surface area (Å²) in [7, 11) is 0. The van der Waals surface area contributed by atoms with E-state index in [1.54, 1.807) is 6.92 Å². The van der Waals surface area contributed by atoms with Gasteiger partial charge in [-0.25, -0.2) is 4.79 Å². The van der Waals surface area contributed by atoms with Gasteiger partial charge in [0.15, 0.2) is 5.16 Å². The van der Waals surface area contributed by atoms with E-state index in [1.165, 1.54) is 11.8 Å². The van der Waals surface area contributed by atoms with Crippen molar-refractivity contribution in [2.24, 2.45) is 0 Å². The zero-order valence-corrected chi connectivity index (χ0v) is 15.9. The summed E-state index contributed by atoms with van der Waals surface area (Å²) >= 11 is 1.29. The Kier molecular flexibility index (Phi) is 7.06. The fraction of sp³-hybridized carbons (Fsp3) is 0.733. The van der Waals surface area contributed by atoms with Crippen LogP contribution in [0.4, 0.5) is 10.7 Å². The molecule has 3 amide bonds. The van der Waals surface area contributed by atoms with Crippen LogP contribution in [-0.2, 0) is 16.1 Å². The normalized spacial score (nSPS) is 16.0. The molecule has 1 aromatic rings. The molecule has 0 saturated carbocycles. The molecule has 1 saturated heterocycles. The summed E-state index contributed by atoms with van der Waals surface area (Å²) < 4.78 is 7.35. The summed E-state index contributed by atoms with van der Waals surface area (Å²) in [5.74, 6) is 0.431. The molecule has 0 bridgehead atoms. The molecule has 1 aliphatic heterocycles. The Balaban J connectivity index is 2.00. The predicted molar refractivity (Wildman–Crippen MR) is 95.9 cm³/mol. The van der Waals surface area contributed by atoms with Gasteiger partial charge in [0.25, 0.3) is 0 Å². The third-order valence-corrected chi connectivity index (χ3v) is 4.70. The van der Waals surface area contributed by atoms with Crippen molar-refractivity contribution in [2.75, 3.05) is 31.2 Å². The van der Waals surface area contributed by atoms with Crippen molar-refractivity contribution in [1.82, 2.24) is 25.4 Å². The maximum Gasteiger partial charge on any atom is 0.321 e. The maximum absolute atomic E-state index is 12.2. The van der Waals surface area contributed by atoms with E-state index in [1.807, 2.05) is 25.3 Å². The molecule has 1 fully saturated rings. The molecule has 1 aliphatic rings. The fourth-order valence-corrected chi connectivity index (χ4v) is 3.27. The standard InChI is InChI=1S/C15H26N6O3S/c1-5-21-14(20-6-8-24-9-7-20)18-19-15(21)25-11(4)12(22)17-13(23)16-10(2)3/h10-11H,5-9H2,1-4H3,(H2,16,17,22,23)/t11-/m0/s1. The van der Waals surface area contributed by atoms with Crippen LogP contribution < -0.4 is 15.5 Å². The number of hydrogen-bond donors (Lipinski definition) is 2. The topological polar surface area (TPSA) is 101 Å². The van der Waals surface area contributed by atoms with Crippen LogP contribution in [0.5, 0.6) is 0 Å². The first kappa shape index (κ1) is 19.5. The Hall–Kier alpha value is -1.81. The van der Waals surface area contributed by atoms with Gasteiger partial charge < -0.3 is 15.0 Å². The number of urea groups is 1. The largest absolute Gasteiger partial charge is 0.378 e. The lowest BCUT2D eigenvalue weighted by molar-refractivity contribution is -0.119. The minimum atomic E-state index is -0.488. The summed E-state index contributed by atoms with van der Waals surface area (Å²) in [6.45, 7) is 11.0. The number of nitrogens with zero attached hydrogens (tertiary/aromatic N) is 4. The second kappa shape index (κ2) is 9.04. The monoisotopic (exact) mass is 370 g/mol. The Morgan fingerprint density at radius 2 is 1.92 bits per heavy atom. The van der Waals surface area contributed by atoms with E-state index >= 15 is 0 Å². The predicted octanol–water partition coefficient (Wildman–Crippen LogP) is 0.849. The number of carbonyl (C=O) groups excluding carboxylic acids is 2. The molecule has 10 heteroatoms. The first-order valence-electron chi connectivity index (χ1n) is 8.46. The van der Waals surface area contributed by atoms with Gasteiger partial charge in [0.05, 0.1) is 18.5 Å². The zero-order chi connectivity index (χ0) is 18.4. The minimum Gasteiger partial charge on any atom is -0.378 e. The summed E-state index contributed by atoms with van der Waals surface area (Å²) in [4.78, 5) is 26.0. The van der Waals surface area contributed by atoms with Crippen LogP contribution in [0.1, 0.15) is 27.7 Å². The Morgan fingerprint density at radius 3 is 2.52 bits per heavy atom. The highest BCUT2D eigenvalue weighted by Crippen LogP contribution is 2.26. The van der Waals surface area contributed by atoms with Gasteiger partial charge in [-0.1, -0.05) is 11.8 Å². The van der Waals surface area contributed by atoms with E-state index in [-0.39, 0.29) is 11.9 Å². The van der Waals surface area contributed by atoms with Crippen molar-refractivity contribution in [1.29, 1.82) is 0 Å². The molecule has 1 aromatic heterocycles. The second-order valence-corrected chi connectivity index (χ2v) is 7.31. The molecule has 0 unspecified atom stereocenters. The van der Waals surface area contributed by atoms with Gasteiger partial charge in [-0.2, -0.15) is 0 Å². The third-order valence-electron chi connectivity index (χ3n) is 3.62. The number of morpholine rings is 1. The van der Waals surface area contributed by atoms with Gasteiger partial charge in [-0.15, -0.1) is 10.2 Å². The molecule has 2 heterocycles. The maximum atomic E-state index is 12.2. The highest BCUT2D eigenvalue weighted by Gasteiger charge is 2.24. The molecular weight excluding hydrogens is 344 g/mol. The quantitative estimate of drug-likeness (QED) is 0.716. The molecule has 0 spiro atoms. The molecule has 140 valence electrons. The molecule has 25 heavy (non-hydrogen) atoms. The van der Waals surface area contributed by atoms with E-state index < -0.39 is 11.3 Å². The van der Waals surface area contributed by atoms with Crippen molar-refractivity contribution in [3.63, 3.8) is 0 Å². The highest BCUT2D eigenvalue weighted by molar-refractivity contribution is 8.00. The van der Waals surface area contributed by atoms with Crippen molar-refractivity contribution < 1.29 is 14.3 Å². The van der Waals surface area contributed by atoms with Crippen LogP contribution in [0.3, 0.4) is 0 Å². The summed E-state index contributed by atoms with van der Waals surface area (Å²) in [5.41, 5.74) is 0. The Labute approximate surface area is 151 Å². The van der Waals surface area contributed by atoms with Crippen molar-refractivity contribution >= 4 is 29.6 Å². The number of nitrogens with one attached hydrogen (secondary N) is 2. The molecule has 2 rings (SSSR count).